The number of aryl methyl sites for hydroxylation is 2. The molecule has 1 aromatic carbocycles. The molecule has 1 unspecified atom stereocenters. The molecular weight excluding hydrogens is 346 g/mol. The number of hydrogen-bond acceptors (Lipinski definition) is 4. The molecule has 0 aliphatic rings. The normalized spacial score (nSPS) is 12.4. The summed E-state index contributed by atoms with van der Waals surface area (Å²) in [5.41, 5.74) is 3.41. The van der Waals surface area contributed by atoms with Gasteiger partial charge in [-0.15, -0.1) is 11.3 Å². The van der Waals surface area contributed by atoms with Gasteiger partial charge in [0.05, 0.1) is 5.69 Å². The lowest BCUT2D eigenvalue weighted by atomic mass is 9.96. The monoisotopic (exact) mass is 365 g/mol. The van der Waals surface area contributed by atoms with E-state index in [1.54, 1.807) is 25.2 Å². The topological polar surface area (TPSA) is 70.9 Å². The van der Waals surface area contributed by atoms with Gasteiger partial charge in [0.25, 0.3) is 5.91 Å². The first-order valence-corrected chi connectivity index (χ1v) is 9.33. The first-order valence-electron chi connectivity index (χ1n) is 8.45. The van der Waals surface area contributed by atoms with Gasteiger partial charge in [0.2, 0.25) is 0 Å². The minimum absolute atomic E-state index is 0.0792. The Morgan fingerprint density at radius 2 is 2.12 bits per heavy atom. The van der Waals surface area contributed by atoms with Crippen LogP contribution in [-0.4, -0.2) is 22.6 Å². The van der Waals surface area contributed by atoms with Crippen molar-refractivity contribution in [2.75, 3.05) is 6.54 Å². The highest BCUT2D eigenvalue weighted by Gasteiger charge is 2.22. The molecule has 0 saturated carbocycles. The number of para-hydroxylation sites is 1. The molecule has 0 aliphatic carbocycles. The fourth-order valence-corrected chi connectivity index (χ4v) is 4.17. The van der Waals surface area contributed by atoms with Crippen molar-refractivity contribution in [1.29, 1.82) is 0 Å². The van der Waals surface area contributed by atoms with Gasteiger partial charge in [0.1, 0.15) is 11.3 Å². The molecule has 1 amide bonds. The Labute approximate surface area is 155 Å². The fraction of sp³-hybridized carbons (Fsp3) is 0.200. The van der Waals surface area contributed by atoms with Crippen LogP contribution in [0.3, 0.4) is 0 Å². The predicted molar refractivity (Wildman–Crippen MR) is 103 cm³/mol. The first-order chi connectivity index (χ1) is 12.6. The molecule has 0 spiro atoms. The number of benzene rings is 1. The van der Waals surface area contributed by atoms with Crippen molar-refractivity contribution in [3.63, 3.8) is 0 Å². The maximum Gasteiger partial charge on any atom is 0.256 e. The second-order valence-corrected chi connectivity index (χ2v) is 7.25. The van der Waals surface area contributed by atoms with Crippen molar-refractivity contribution in [1.82, 2.24) is 15.5 Å². The van der Waals surface area contributed by atoms with Crippen LogP contribution in [0, 0.1) is 13.8 Å². The van der Waals surface area contributed by atoms with Gasteiger partial charge in [0, 0.05) is 34.4 Å². The van der Waals surface area contributed by atoms with E-state index in [1.165, 1.54) is 15.8 Å². The van der Waals surface area contributed by atoms with Gasteiger partial charge < -0.3 is 14.8 Å². The van der Waals surface area contributed by atoms with E-state index in [9.17, 15) is 4.79 Å². The second kappa shape index (κ2) is 6.80. The molecule has 5 nitrogen and oxygen atoms in total. The lowest BCUT2D eigenvalue weighted by Gasteiger charge is -2.16. The molecule has 0 radical (unpaired) electrons. The summed E-state index contributed by atoms with van der Waals surface area (Å²) in [5, 5.41) is 10.2. The van der Waals surface area contributed by atoms with Crippen LogP contribution < -0.4 is 5.32 Å². The zero-order valence-corrected chi connectivity index (χ0v) is 15.4. The minimum Gasteiger partial charge on any atom is -0.361 e. The number of H-pyrrole nitrogens is 1. The molecule has 0 aliphatic heterocycles. The molecule has 6 heteroatoms. The number of carbonyl (C=O) groups excluding carboxylic acids is 1. The molecule has 4 rings (SSSR count). The van der Waals surface area contributed by atoms with Crippen LogP contribution in [0.1, 0.15) is 38.2 Å². The molecule has 0 fully saturated rings. The third-order valence-electron chi connectivity index (χ3n) is 4.61. The van der Waals surface area contributed by atoms with Gasteiger partial charge >= 0.3 is 0 Å². The maximum absolute atomic E-state index is 12.6. The van der Waals surface area contributed by atoms with Gasteiger partial charge in [-0.2, -0.15) is 0 Å². The lowest BCUT2D eigenvalue weighted by Crippen LogP contribution is -2.29. The third kappa shape index (κ3) is 2.93. The van der Waals surface area contributed by atoms with Crippen molar-refractivity contribution in [3.8, 4) is 0 Å². The summed E-state index contributed by atoms with van der Waals surface area (Å²) < 4.78 is 5.11. The number of fused-ring (bicyclic) bond motifs is 1. The standard InChI is InChI=1S/C20H19N3O2S/c1-12-19(13(2)25-23-12)20(24)22-11-16(18-8-5-9-26-18)15-10-21-17-7-4-3-6-14(15)17/h3-10,16,21H,11H2,1-2H3,(H,22,24). The highest BCUT2D eigenvalue weighted by Crippen LogP contribution is 2.32. The summed E-state index contributed by atoms with van der Waals surface area (Å²) in [5.74, 6) is 0.470. The second-order valence-electron chi connectivity index (χ2n) is 6.27. The van der Waals surface area contributed by atoms with Crippen LogP contribution in [0.15, 0.2) is 52.5 Å². The Balaban J connectivity index is 1.64. The zero-order chi connectivity index (χ0) is 18.1. The Kier molecular flexibility index (Phi) is 4.34. The van der Waals surface area contributed by atoms with Gasteiger partial charge in [-0.25, -0.2) is 0 Å². The summed E-state index contributed by atoms with van der Waals surface area (Å²) in [6, 6.07) is 12.4. The highest BCUT2D eigenvalue weighted by molar-refractivity contribution is 7.10. The van der Waals surface area contributed by atoms with E-state index in [0.717, 1.165) is 5.52 Å². The number of hydrogen-bond donors (Lipinski definition) is 2. The Hall–Kier alpha value is -2.86. The van der Waals surface area contributed by atoms with Crippen LogP contribution in [0.4, 0.5) is 0 Å². The predicted octanol–water partition coefficient (Wildman–Crippen LogP) is 4.40. The number of nitrogens with one attached hydrogen (secondary N) is 2. The summed E-state index contributed by atoms with van der Waals surface area (Å²) in [4.78, 5) is 17.2. The molecule has 4 aromatic rings. The quantitative estimate of drug-likeness (QED) is 0.551. The number of nitrogens with zero attached hydrogens (tertiary/aromatic N) is 1. The Morgan fingerprint density at radius 1 is 1.27 bits per heavy atom. The first kappa shape index (κ1) is 16.6. The summed E-state index contributed by atoms with van der Waals surface area (Å²) >= 11 is 1.70. The summed E-state index contributed by atoms with van der Waals surface area (Å²) in [6.45, 7) is 4.04. The van der Waals surface area contributed by atoms with Gasteiger partial charge in [-0.3, -0.25) is 4.79 Å². The largest absolute Gasteiger partial charge is 0.361 e. The summed E-state index contributed by atoms with van der Waals surface area (Å²) in [7, 11) is 0. The van der Waals surface area contributed by atoms with E-state index in [-0.39, 0.29) is 11.8 Å². The van der Waals surface area contributed by atoms with Crippen molar-refractivity contribution >= 4 is 28.1 Å². The van der Waals surface area contributed by atoms with Gasteiger partial charge in [0.15, 0.2) is 0 Å². The molecule has 0 saturated heterocycles. The Bertz CT molecular complexity index is 1030. The Morgan fingerprint density at radius 3 is 2.85 bits per heavy atom. The highest BCUT2D eigenvalue weighted by atomic mass is 32.1. The van der Waals surface area contributed by atoms with E-state index >= 15 is 0 Å². The van der Waals surface area contributed by atoms with Crippen LogP contribution in [-0.2, 0) is 0 Å². The number of rotatable bonds is 5. The van der Waals surface area contributed by atoms with E-state index < -0.39 is 0 Å². The van der Waals surface area contributed by atoms with Crippen molar-refractivity contribution in [3.05, 3.63) is 75.4 Å². The number of aromatic amines is 1. The van der Waals surface area contributed by atoms with Crippen molar-refractivity contribution in [2.24, 2.45) is 0 Å². The van der Waals surface area contributed by atoms with Gasteiger partial charge in [-0.05, 0) is 36.9 Å². The average molecular weight is 365 g/mol. The fourth-order valence-electron chi connectivity index (χ4n) is 3.33. The molecule has 1 atom stereocenters. The van der Waals surface area contributed by atoms with E-state index in [0.29, 0.717) is 23.6 Å². The lowest BCUT2D eigenvalue weighted by molar-refractivity contribution is 0.0950. The average Bonchev–Trinajstić information content (AvgIpc) is 3.37. The number of carbonyl (C=O) groups is 1. The number of amides is 1. The van der Waals surface area contributed by atoms with E-state index in [2.05, 4.69) is 39.0 Å². The molecular formula is C20H19N3O2S. The molecule has 3 heterocycles. The van der Waals surface area contributed by atoms with Crippen molar-refractivity contribution < 1.29 is 9.32 Å². The number of aromatic nitrogens is 2. The smallest absolute Gasteiger partial charge is 0.256 e. The molecule has 2 N–H and O–H groups in total. The van der Waals surface area contributed by atoms with Crippen LogP contribution >= 0.6 is 11.3 Å². The van der Waals surface area contributed by atoms with E-state index in [4.69, 9.17) is 4.52 Å². The van der Waals surface area contributed by atoms with Gasteiger partial charge in [-0.1, -0.05) is 29.4 Å². The third-order valence-corrected chi connectivity index (χ3v) is 5.60. The van der Waals surface area contributed by atoms with Crippen molar-refractivity contribution in [2.45, 2.75) is 19.8 Å². The number of thiophene rings is 1. The summed E-state index contributed by atoms with van der Waals surface area (Å²) in [6.07, 6.45) is 2.04. The van der Waals surface area contributed by atoms with Crippen LogP contribution in [0.25, 0.3) is 10.9 Å². The molecule has 3 aromatic heterocycles. The van der Waals surface area contributed by atoms with Crippen LogP contribution in [0.2, 0.25) is 0 Å². The minimum atomic E-state index is -0.150. The molecule has 132 valence electrons. The molecule has 0 bridgehead atoms. The van der Waals surface area contributed by atoms with E-state index in [1.807, 2.05) is 24.4 Å². The maximum atomic E-state index is 12.6. The zero-order valence-electron chi connectivity index (χ0n) is 14.6. The van der Waals surface area contributed by atoms with Crippen LogP contribution in [0.5, 0.6) is 0 Å². The molecule has 26 heavy (non-hydrogen) atoms. The SMILES string of the molecule is Cc1noc(C)c1C(=O)NCC(c1cccs1)c1c[nH]c2ccccc12.